The Kier molecular flexibility index (Phi) is 4.80. The van der Waals surface area contributed by atoms with Crippen molar-refractivity contribution in [1.82, 2.24) is 19.7 Å². The van der Waals surface area contributed by atoms with E-state index in [0.29, 0.717) is 16.2 Å². The third-order valence-corrected chi connectivity index (χ3v) is 7.53. The van der Waals surface area contributed by atoms with Crippen molar-refractivity contribution in [3.63, 3.8) is 0 Å². The highest BCUT2D eigenvalue weighted by atomic mass is 32.2. The SMILES string of the molecule is O=c1nc2n(c3[nH]ncc13)[C@H](c1ccccc1)[C@H](Sc1ccc([N+](=O)[O-])cc1)CS2. The third-order valence-electron chi connectivity index (χ3n) is 4.98. The lowest BCUT2D eigenvalue weighted by atomic mass is 10.0. The van der Waals surface area contributed by atoms with Crippen LogP contribution >= 0.6 is 23.5 Å². The average Bonchev–Trinajstić information content (AvgIpc) is 3.26. The molecule has 0 aliphatic carbocycles. The Hall–Kier alpha value is -3.11. The van der Waals surface area contributed by atoms with Crippen molar-refractivity contribution < 1.29 is 4.92 Å². The Bertz CT molecular complexity index is 1290. The normalized spacial score (nSPS) is 18.3. The van der Waals surface area contributed by atoms with Gasteiger partial charge in [0.25, 0.3) is 11.2 Å². The van der Waals surface area contributed by atoms with Gasteiger partial charge in [0.15, 0.2) is 5.16 Å². The second-order valence-corrected chi connectivity index (χ2v) is 9.08. The zero-order chi connectivity index (χ0) is 20.7. The molecule has 4 aromatic rings. The molecule has 0 amide bonds. The van der Waals surface area contributed by atoms with Crippen molar-refractivity contribution in [2.24, 2.45) is 0 Å². The lowest BCUT2D eigenvalue weighted by Gasteiger charge is -2.34. The molecule has 2 aromatic carbocycles. The molecular weight excluding hydrogens is 422 g/mol. The van der Waals surface area contributed by atoms with Crippen molar-refractivity contribution in [3.05, 3.63) is 86.8 Å². The highest BCUT2D eigenvalue weighted by Crippen LogP contribution is 2.43. The summed E-state index contributed by atoms with van der Waals surface area (Å²) in [4.78, 5) is 28.1. The summed E-state index contributed by atoms with van der Waals surface area (Å²) in [5, 5.41) is 19.2. The maximum absolute atomic E-state index is 12.4. The van der Waals surface area contributed by atoms with E-state index in [-0.39, 0.29) is 22.5 Å². The minimum Gasteiger partial charge on any atom is -0.296 e. The van der Waals surface area contributed by atoms with Crippen LogP contribution in [0.2, 0.25) is 0 Å². The van der Waals surface area contributed by atoms with Gasteiger partial charge in [-0.3, -0.25) is 24.6 Å². The summed E-state index contributed by atoms with van der Waals surface area (Å²) in [6, 6.07) is 16.6. The van der Waals surface area contributed by atoms with Crippen LogP contribution in [0, 0.1) is 10.1 Å². The van der Waals surface area contributed by atoms with E-state index in [0.717, 1.165) is 16.2 Å². The van der Waals surface area contributed by atoms with E-state index in [9.17, 15) is 14.9 Å². The second kappa shape index (κ2) is 7.62. The smallest absolute Gasteiger partial charge is 0.284 e. The Labute approximate surface area is 178 Å². The maximum atomic E-state index is 12.4. The summed E-state index contributed by atoms with van der Waals surface area (Å²) < 4.78 is 2.05. The third kappa shape index (κ3) is 3.27. The lowest BCUT2D eigenvalue weighted by molar-refractivity contribution is -0.384. The Morgan fingerprint density at radius 3 is 2.67 bits per heavy atom. The number of nitro benzene ring substituents is 1. The molecule has 150 valence electrons. The first-order valence-corrected chi connectivity index (χ1v) is 11.0. The molecule has 2 atom stereocenters. The van der Waals surface area contributed by atoms with Crippen LogP contribution in [0.4, 0.5) is 5.69 Å². The first-order valence-electron chi connectivity index (χ1n) is 9.16. The molecule has 0 saturated carbocycles. The highest BCUT2D eigenvalue weighted by molar-refractivity contribution is 8.03. The maximum Gasteiger partial charge on any atom is 0.284 e. The molecular formula is C20H15N5O3S2. The van der Waals surface area contributed by atoms with Crippen LogP contribution < -0.4 is 5.56 Å². The zero-order valence-electron chi connectivity index (χ0n) is 15.5. The number of non-ortho nitro benzene ring substituents is 1. The molecule has 0 bridgehead atoms. The van der Waals surface area contributed by atoms with E-state index in [2.05, 4.69) is 31.9 Å². The predicted octanol–water partition coefficient (Wildman–Crippen LogP) is 3.88. The predicted molar refractivity (Wildman–Crippen MR) is 116 cm³/mol. The van der Waals surface area contributed by atoms with Crippen molar-refractivity contribution in [1.29, 1.82) is 0 Å². The quantitative estimate of drug-likeness (QED) is 0.293. The number of hydrogen-bond acceptors (Lipinski definition) is 7. The van der Waals surface area contributed by atoms with Crippen molar-refractivity contribution in [2.75, 3.05) is 5.75 Å². The van der Waals surface area contributed by atoms with E-state index in [1.54, 1.807) is 23.9 Å². The number of benzene rings is 2. The molecule has 8 nitrogen and oxygen atoms in total. The van der Waals surface area contributed by atoms with Gasteiger partial charge in [-0.05, 0) is 17.7 Å². The fourth-order valence-electron chi connectivity index (χ4n) is 3.62. The molecule has 0 spiro atoms. The summed E-state index contributed by atoms with van der Waals surface area (Å²) in [6.45, 7) is 0. The van der Waals surface area contributed by atoms with Gasteiger partial charge in [0.1, 0.15) is 11.0 Å². The van der Waals surface area contributed by atoms with Gasteiger partial charge in [0, 0.05) is 28.0 Å². The number of thioether (sulfide) groups is 2. The van der Waals surface area contributed by atoms with E-state index in [1.807, 2.05) is 18.2 Å². The van der Waals surface area contributed by atoms with Gasteiger partial charge in [-0.1, -0.05) is 42.1 Å². The molecule has 0 unspecified atom stereocenters. The first kappa shape index (κ1) is 18.9. The molecule has 1 aliphatic heterocycles. The second-order valence-electron chi connectivity index (χ2n) is 6.78. The molecule has 2 aromatic heterocycles. The van der Waals surface area contributed by atoms with Gasteiger partial charge in [-0.15, -0.1) is 11.8 Å². The van der Waals surface area contributed by atoms with Crippen molar-refractivity contribution in [2.45, 2.75) is 21.3 Å². The van der Waals surface area contributed by atoms with Gasteiger partial charge in [-0.25, -0.2) is 0 Å². The molecule has 1 N–H and O–H groups in total. The number of nitro groups is 1. The summed E-state index contributed by atoms with van der Waals surface area (Å²) in [7, 11) is 0. The van der Waals surface area contributed by atoms with Crippen molar-refractivity contribution in [3.8, 4) is 0 Å². The Morgan fingerprint density at radius 2 is 1.93 bits per heavy atom. The number of hydrogen-bond donors (Lipinski definition) is 1. The van der Waals surface area contributed by atoms with Crippen molar-refractivity contribution >= 4 is 40.2 Å². The molecule has 0 radical (unpaired) electrons. The number of H-pyrrole nitrogens is 1. The summed E-state index contributed by atoms with van der Waals surface area (Å²) in [5.74, 6) is 0.743. The van der Waals surface area contributed by atoms with Crippen LogP contribution in [0.25, 0.3) is 11.0 Å². The van der Waals surface area contributed by atoms with Crippen LogP contribution in [0.5, 0.6) is 0 Å². The standard InChI is InChI=1S/C20H15N5O3S2/c26-19-15-10-21-23-18(15)24-17(12-4-2-1-3-5-12)16(11-29-20(24)22-19)30-14-8-6-13(7-9-14)25(27)28/h1-10,16-17H,11H2,(H,21,23)/t16-,17-/m1/s1. The van der Waals surface area contributed by atoms with E-state index >= 15 is 0 Å². The summed E-state index contributed by atoms with van der Waals surface area (Å²) >= 11 is 3.19. The van der Waals surface area contributed by atoms with E-state index < -0.39 is 4.92 Å². The number of rotatable bonds is 4. The number of nitrogens with one attached hydrogen (secondary N) is 1. The summed E-state index contributed by atoms with van der Waals surface area (Å²) in [6.07, 6.45) is 1.51. The molecule has 5 rings (SSSR count). The Balaban J connectivity index is 1.61. The molecule has 3 heterocycles. The van der Waals surface area contributed by atoms with Gasteiger partial charge < -0.3 is 0 Å². The molecule has 1 aliphatic rings. The monoisotopic (exact) mass is 437 g/mol. The number of aromatic nitrogens is 4. The molecule has 0 fully saturated rings. The molecule has 30 heavy (non-hydrogen) atoms. The zero-order valence-corrected chi connectivity index (χ0v) is 17.1. The molecule has 0 saturated heterocycles. The van der Waals surface area contributed by atoms with Crippen LogP contribution in [-0.4, -0.2) is 35.7 Å². The number of aromatic amines is 1. The van der Waals surface area contributed by atoms with Crippen LogP contribution in [0.1, 0.15) is 11.6 Å². The van der Waals surface area contributed by atoms with Gasteiger partial charge in [-0.2, -0.15) is 10.1 Å². The number of nitrogens with zero attached hydrogens (tertiary/aromatic N) is 4. The lowest BCUT2D eigenvalue weighted by Crippen LogP contribution is -2.33. The van der Waals surface area contributed by atoms with Crippen LogP contribution in [0.15, 0.2) is 75.6 Å². The fraction of sp³-hybridized carbons (Fsp3) is 0.150. The molecule has 10 heteroatoms. The van der Waals surface area contributed by atoms with Crippen LogP contribution in [-0.2, 0) is 0 Å². The van der Waals surface area contributed by atoms with Gasteiger partial charge in [0.2, 0.25) is 0 Å². The summed E-state index contributed by atoms with van der Waals surface area (Å²) in [5.41, 5.74) is 1.54. The Morgan fingerprint density at radius 1 is 1.17 bits per heavy atom. The topological polar surface area (TPSA) is 107 Å². The van der Waals surface area contributed by atoms with Crippen LogP contribution in [0.3, 0.4) is 0 Å². The average molecular weight is 438 g/mol. The van der Waals surface area contributed by atoms with E-state index in [1.165, 1.54) is 30.1 Å². The highest BCUT2D eigenvalue weighted by Gasteiger charge is 2.34. The van der Waals surface area contributed by atoms with E-state index in [4.69, 9.17) is 0 Å². The largest absolute Gasteiger partial charge is 0.296 e. The number of fused-ring (bicyclic) bond motifs is 3. The fourth-order valence-corrected chi connectivity index (χ4v) is 6.14. The minimum atomic E-state index is -0.398. The van der Waals surface area contributed by atoms with Gasteiger partial charge in [0.05, 0.1) is 17.2 Å². The minimum absolute atomic E-state index is 0.0723. The first-order chi connectivity index (χ1) is 14.6. The van der Waals surface area contributed by atoms with Gasteiger partial charge >= 0.3 is 0 Å².